The Morgan fingerprint density at radius 3 is 2.46 bits per heavy atom. The third kappa shape index (κ3) is 6.65. The van der Waals surface area contributed by atoms with Crippen molar-refractivity contribution in [3.05, 3.63) is 90.3 Å². The minimum Gasteiger partial charge on any atom is -0.378 e. The summed E-state index contributed by atoms with van der Waals surface area (Å²) < 4.78 is 0. The summed E-state index contributed by atoms with van der Waals surface area (Å²) >= 11 is 7.47. The molecular formula is C31H36N6O2S2. The molecule has 2 N–H and O–H groups in total. The zero-order chi connectivity index (χ0) is 28.8. The van der Waals surface area contributed by atoms with Gasteiger partial charge in [-0.2, -0.15) is 11.8 Å². The maximum atomic E-state index is 14.3. The maximum absolute atomic E-state index is 14.3. The molecule has 1 atom stereocenters. The van der Waals surface area contributed by atoms with E-state index in [1.807, 2.05) is 90.3 Å². The lowest BCUT2D eigenvalue weighted by atomic mass is 9.87. The van der Waals surface area contributed by atoms with E-state index in [2.05, 4.69) is 27.8 Å². The van der Waals surface area contributed by atoms with Crippen LogP contribution >= 0.6 is 24.0 Å². The van der Waals surface area contributed by atoms with Crippen LogP contribution < -0.4 is 15.5 Å². The number of thiocarbonyl (C=S) groups is 1. The molecule has 41 heavy (non-hydrogen) atoms. The standard InChI is InChI=1S/C31H36N6O2S2/c1-35(2)26-12-10-25(11-13-26)33-29(39)31(14-17-41-18-15-31)37(20-23-7-6-16-32-19-23)28(38)22-36-21-27(34-30(36)40)24-8-4-3-5-9-24/h3-13,16,19,27H,14-15,17-18,20-22H2,1-2H3,(H,33,39)(H,34,40)/t27-/m1/s1. The Hall–Kier alpha value is -3.63. The number of carbonyl (C=O) groups excluding carboxylic acids is 2. The van der Waals surface area contributed by atoms with Crippen LogP contribution in [0, 0.1) is 0 Å². The molecule has 1 aromatic heterocycles. The molecule has 0 bridgehead atoms. The number of benzene rings is 2. The number of anilines is 2. The van der Waals surface area contributed by atoms with E-state index in [-0.39, 0.29) is 24.4 Å². The first kappa shape index (κ1) is 28.9. The first-order chi connectivity index (χ1) is 19.9. The quantitative estimate of drug-likeness (QED) is 0.358. The van der Waals surface area contributed by atoms with Crippen molar-refractivity contribution >= 4 is 52.3 Å². The number of carbonyl (C=O) groups is 2. The molecule has 8 nitrogen and oxygen atoms in total. The van der Waals surface area contributed by atoms with E-state index in [1.165, 1.54) is 0 Å². The summed E-state index contributed by atoms with van der Waals surface area (Å²) in [7, 11) is 3.96. The second-order valence-electron chi connectivity index (χ2n) is 10.7. The average Bonchev–Trinajstić information content (AvgIpc) is 3.37. The van der Waals surface area contributed by atoms with Gasteiger partial charge in [0.25, 0.3) is 0 Å². The van der Waals surface area contributed by atoms with E-state index in [1.54, 1.807) is 17.3 Å². The molecule has 2 saturated heterocycles. The van der Waals surface area contributed by atoms with E-state index in [0.717, 1.165) is 28.3 Å². The number of nitrogens with zero attached hydrogens (tertiary/aromatic N) is 4. The number of amides is 2. The molecule has 0 aliphatic carbocycles. The SMILES string of the molecule is CN(C)c1ccc(NC(=O)C2(N(Cc3cccnc3)C(=O)CN3C[C@H](c4ccccc4)NC3=S)CCSCC2)cc1. The minimum atomic E-state index is -0.994. The van der Waals surface area contributed by atoms with Crippen molar-refractivity contribution in [2.24, 2.45) is 0 Å². The molecule has 3 heterocycles. The first-order valence-corrected chi connectivity index (χ1v) is 15.4. The molecule has 2 fully saturated rings. The van der Waals surface area contributed by atoms with Crippen LogP contribution in [0.1, 0.15) is 30.0 Å². The average molecular weight is 589 g/mol. The van der Waals surface area contributed by atoms with Crippen LogP contribution in [-0.2, 0) is 16.1 Å². The fourth-order valence-corrected chi connectivity index (χ4v) is 6.87. The number of rotatable bonds is 9. The lowest BCUT2D eigenvalue weighted by Crippen LogP contribution is -2.61. The smallest absolute Gasteiger partial charge is 0.250 e. The molecule has 3 aromatic rings. The molecule has 0 radical (unpaired) electrons. The van der Waals surface area contributed by atoms with Gasteiger partial charge in [-0.1, -0.05) is 36.4 Å². The fourth-order valence-electron chi connectivity index (χ4n) is 5.42. The predicted octanol–water partition coefficient (Wildman–Crippen LogP) is 4.31. The second kappa shape index (κ2) is 12.9. The van der Waals surface area contributed by atoms with Crippen LogP contribution in [0.4, 0.5) is 11.4 Å². The lowest BCUT2D eigenvalue weighted by molar-refractivity contribution is -0.147. The molecule has 0 spiro atoms. The first-order valence-electron chi connectivity index (χ1n) is 13.8. The number of nitrogens with one attached hydrogen (secondary N) is 2. The normalized spacial score (nSPS) is 18.0. The van der Waals surface area contributed by atoms with Crippen molar-refractivity contribution in [3.63, 3.8) is 0 Å². The van der Waals surface area contributed by atoms with Crippen molar-refractivity contribution in [1.29, 1.82) is 0 Å². The molecule has 214 valence electrons. The summed E-state index contributed by atoms with van der Waals surface area (Å²) in [5.74, 6) is 1.31. The van der Waals surface area contributed by atoms with Crippen molar-refractivity contribution < 1.29 is 9.59 Å². The summed E-state index contributed by atoms with van der Waals surface area (Å²) in [4.78, 5) is 38.4. The number of pyridine rings is 1. The van der Waals surface area contributed by atoms with Crippen molar-refractivity contribution in [2.45, 2.75) is 31.0 Å². The molecule has 5 rings (SSSR count). The molecule has 2 aromatic carbocycles. The zero-order valence-corrected chi connectivity index (χ0v) is 25.1. The molecule has 0 saturated carbocycles. The van der Waals surface area contributed by atoms with Gasteiger partial charge in [-0.05, 0) is 78.0 Å². The van der Waals surface area contributed by atoms with Gasteiger partial charge >= 0.3 is 0 Å². The number of hydrogen-bond donors (Lipinski definition) is 2. The van der Waals surface area contributed by atoms with Crippen LogP contribution in [-0.4, -0.2) is 75.9 Å². The van der Waals surface area contributed by atoms with Crippen LogP contribution in [0.2, 0.25) is 0 Å². The van der Waals surface area contributed by atoms with Crippen molar-refractivity contribution in [3.8, 4) is 0 Å². The van der Waals surface area contributed by atoms with Gasteiger partial charge in [0.1, 0.15) is 5.54 Å². The highest BCUT2D eigenvalue weighted by Crippen LogP contribution is 2.36. The number of aromatic nitrogens is 1. The lowest BCUT2D eigenvalue weighted by Gasteiger charge is -2.45. The van der Waals surface area contributed by atoms with Gasteiger partial charge in [-0.3, -0.25) is 14.6 Å². The number of hydrogen-bond acceptors (Lipinski definition) is 6. The Bertz CT molecular complexity index is 1350. The maximum Gasteiger partial charge on any atom is 0.250 e. The van der Waals surface area contributed by atoms with Crippen LogP contribution in [0.5, 0.6) is 0 Å². The Kier molecular flexibility index (Phi) is 9.09. The molecule has 2 amide bonds. The Balaban J connectivity index is 1.41. The topological polar surface area (TPSA) is 80.8 Å². The zero-order valence-electron chi connectivity index (χ0n) is 23.5. The van der Waals surface area contributed by atoms with E-state index < -0.39 is 5.54 Å². The highest BCUT2D eigenvalue weighted by atomic mass is 32.2. The monoisotopic (exact) mass is 588 g/mol. The summed E-state index contributed by atoms with van der Waals surface area (Å²) in [5, 5.41) is 7.05. The van der Waals surface area contributed by atoms with Gasteiger partial charge < -0.3 is 25.3 Å². The minimum absolute atomic E-state index is 0.0109. The Morgan fingerprint density at radius 2 is 1.80 bits per heavy atom. The van der Waals surface area contributed by atoms with Crippen molar-refractivity contribution in [1.82, 2.24) is 20.1 Å². The summed E-state index contributed by atoms with van der Waals surface area (Å²) in [6, 6.07) is 21.7. The summed E-state index contributed by atoms with van der Waals surface area (Å²) in [6.07, 6.45) is 4.61. The number of thioether (sulfide) groups is 1. The predicted molar refractivity (Wildman–Crippen MR) is 170 cm³/mol. The van der Waals surface area contributed by atoms with Crippen LogP contribution in [0.25, 0.3) is 0 Å². The van der Waals surface area contributed by atoms with Gasteiger partial charge in [-0.25, -0.2) is 0 Å². The van der Waals surface area contributed by atoms with E-state index in [4.69, 9.17) is 12.2 Å². The van der Waals surface area contributed by atoms with Crippen LogP contribution in [0.15, 0.2) is 79.1 Å². The molecule has 2 aliphatic heterocycles. The van der Waals surface area contributed by atoms with Crippen LogP contribution in [0.3, 0.4) is 0 Å². The van der Waals surface area contributed by atoms with E-state index in [9.17, 15) is 9.59 Å². The molecule has 10 heteroatoms. The Labute approximate surface area is 251 Å². The third-order valence-electron chi connectivity index (χ3n) is 7.78. The highest BCUT2D eigenvalue weighted by Gasteiger charge is 2.48. The Morgan fingerprint density at radius 1 is 1.07 bits per heavy atom. The molecular weight excluding hydrogens is 553 g/mol. The molecule has 0 unspecified atom stereocenters. The largest absolute Gasteiger partial charge is 0.378 e. The van der Waals surface area contributed by atoms with Gasteiger partial charge in [0, 0.05) is 51.0 Å². The molecule has 2 aliphatic rings. The summed E-state index contributed by atoms with van der Waals surface area (Å²) in [5.41, 5.74) is 2.77. The van der Waals surface area contributed by atoms with Gasteiger partial charge in [0.2, 0.25) is 11.8 Å². The summed E-state index contributed by atoms with van der Waals surface area (Å²) in [6.45, 7) is 0.970. The second-order valence-corrected chi connectivity index (χ2v) is 12.3. The van der Waals surface area contributed by atoms with E-state index >= 15 is 0 Å². The fraction of sp³-hybridized carbons (Fsp3) is 0.355. The third-order valence-corrected chi connectivity index (χ3v) is 9.14. The highest BCUT2D eigenvalue weighted by molar-refractivity contribution is 7.99. The van der Waals surface area contributed by atoms with Gasteiger partial charge in [0.05, 0.1) is 12.6 Å². The van der Waals surface area contributed by atoms with Gasteiger partial charge in [-0.15, -0.1) is 0 Å². The van der Waals surface area contributed by atoms with Gasteiger partial charge in [0.15, 0.2) is 5.11 Å². The van der Waals surface area contributed by atoms with E-state index in [0.29, 0.717) is 36.7 Å². The van der Waals surface area contributed by atoms with Crippen molar-refractivity contribution in [2.75, 3.05) is 48.9 Å².